The van der Waals surface area contributed by atoms with Crippen LogP contribution in [0.1, 0.15) is 31.3 Å². The first-order chi connectivity index (χ1) is 13.4. The number of anilines is 2. The molecule has 0 spiro atoms. The van der Waals surface area contributed by atoms with Crippen LogP contribution in [-0.2, 0) is 0 Å². The molecular weight excluding hydrogens is 380 g/mol. The molecule has 2 aromatic carbocycles. The zero-order valence-electron chi connectivity index (χ0n) is 15.1. The first-order valence-electron chi connectivity index (χ1n) is 8.26. The molecule has 1 aromatic heterocycles. The molecule has 0 bridgehead atoms. The van der Waals surface area contributed by atoms with Gasteiger partial charge in [0, 0.05) is 22.9 Å². The van der Waals surface area contributed by atoms with Crippen LogP contribution in [0.2, 0.25) is 0 Å². The molecule has 2 N–H and O–H groups in total. The molecule has 0 radical (unpaired) electrons. The van der Waals surface area contributed by atoms with E-state index in [4.69, 9.17) is 0 Å². The number of aryl methyl sites for hydroxylation is 1. The topological polar surface area (TPSA) is 114 Å². The van der Waals surface area contributed by atoms with Crippen LogP contribution in [0.4, 0.5) is 16.5 Å². The number of carbonyl (C=O) groups is 2. The number of hydrogen-bond donors (Lipinski definition) is 2. The fourth-order valence-electron chi connectivity index (χ4n) is 2.60. The lowest BCUT2D eigenvalue weighted by Crippen LogP contribution is -2.14. The monoisotopic (exact) mass is 396 g/mol. The highest BCUT2D eigenvalue weighted by Gasteiger charge is 2.21. The quantitative estimate of drug-likeness (QED) is 0.496. The minimum atomic E-state index is -0.536. The number of carbonyl (C=O) groups excluding carboxylic acids is 2. The Morgan fingerprint density at radius 3 is 2.39 bits per heavy atom. The van der Waals surface area contributed by atoms with Gasteiger partial charge in [-0.3, -0.25) is 25.0 Å². The number of thiazole rings is 1. The number of nitrogens with zero attached hydrogens (tertiary/aromatic N) is 2. The highest BCUT2D eigenvalue weighted by Crippen LogP contribution is 2.26. The van der Waals surface area contributed by atoms with Crippen LogP contribution < -0.4 is 10.6 Å². The highest BCUT2D eigenvalue weighted by molar-refractivity contribution is 7.17. The molecule has 0 aliphatic carbocycles. The summed E-state index contributed by atoms with van der Waals surface area (Å²) in [7, 11) is 0. The Morgan fingerprint density at radius 1 is 1.00 bits per heavy atom. The predicted octanol–water partition coefficient (Wildman–Crippen LogP) is 4.17. The van der Waals surface area contributed by atoms with E-state index in [9.17, 15) is 19.7 Å². The maximum atomic E-state index is 12.5. The molecule has 3 rings (SSSR count). The van der Waals surface area contributed by atoms with Gasteiger partial charge in [-0.05, 0) is 32.0 Å². The number of nitrogens with one attached hydrogen (secondary N) is 2. The van der Waals surface area contributed by atoms with E-state index in [0.717, 1.165) is 11.3 Å². The van der Waals surface area contributed by atoms with E-state index < -0.39 is 10.8 Å². The maximum Gasteiger partial charge on any atom is 0.273 e. The van der Waals surface area contributed by atoms with Crippen LogP contribution in [0.15, 0.2) is 48.5 Å². The molecular formula is C19H16N4O4S. The van der Waals surface area contributed by atoms with Gasteiger partial charge >= 0.3 is 0 Å². The Bertz CT molecular complexity index is 1060. The molecule has 0 aliphatic rings. The molecule has 0 atom stereocenters. The number of para-hydroxylation sites is 1. The zero-order chi connectivity index (χ0) is 20.3. The van der Waals surface area contributed by atoms with Gasteiger partial charge in [0.1, 0.15) is 4.88 Å². The van der Waals surface area contributed by atoms with Crippen LogP contribution >= 0.6 is 11.3 Å². The average Bonchev–Trinajstić information content (AvgIpc) is 3.02. The summed E-state index contributed by atoms with van der Waals surface area (Å²) in [6.07, 6.45) is 0. The van der Waals surface area contributed by atoms with E-state index in [2.05, 4.69) is 15.6 Å². The lowest BCUT2D eigenvalue weighted by molar-refractivity contribution is -0.385. The van der Waals surface area contributed by atoms with Crippen LogP contribution in [0.3, 0.4) is 0 Å². The van der Waals surface area contributed by atoms with Crippen molar-refractivity contribution in [1.29, 1.82) is 0 Å². The van der Waals surface area contributed by atoms with Crippen LogP contribution in [0, 0.1) is 24.0 Å². The van der Waals surface area contributed by atoms with Gasteiger partial charge in [0.25, 0.3) is 17.5 Å². The number of hydrogen-bond acceptors (Lipinski definition) is 6. The van der Waals surface area contributed by atoms with Gasteiger partial charge in [-0.25, -0.2) is 4.98 Å². The summed E-state index contributed by atoms with van der Waals surface area (Å²) in [6.45, 7) is 3.18. The minimum absolute atomic E-state index is 0.133. The average molecular weight is 396 g/mol. The van der Waals surface area contributed by atoms with Crippen molar-refractivity contribution in [2.45, 2.75) is 13.8 Å². The van der Waals surface area contributed by atoms with Crippen molar-refractivity contribution in [2.75, 3.05) is 10.6 Å². The van der Waals surface area contributed by atoms with Gasteiger partial charge in [-0.15, -0.1) is 0 Å². The third-order valence-corrected chi connectivity index (χ3v) is 5.07. The van der Waals surface area contributed by atoms with E-state index in [1.165, 1.54) is 25.1 Å². The second-order valence-electron chi connectivity index (χ2n) is 5.91. The lowest BCUT2D eigenvalue weighted by atomic mass is 10.1. The summed E-state index contributed by atoms with van der Waals surface area (Å²) >= 11 is 1.04. The second-order valence-corrected chi connectivity index (χ2v) is 6.91. The molecule has 8 nitrogen and oxygen atoms in total. The molecule has 2 amide bonds. The van der Waals surface area contributed by atoms with Crippen molar-refractivity contribution in [1.82, 2.24) is 4.98 Å². The Hall–Kier alpha value is -3.59. The predicted molar refractivity (Wildman–Crippen MR) is 107 cm³/mol. The Balaban J connectivity index is 1.78. The van der Waals surface area contributed by atoms with Crippen molar-refractivity contribution in [3.63, 3.8) is 0 Å². The van der Waals surface area contributed by atoms with E-state index >= 15 is 0 Å². The SMILES string of the molecule is Cc1nc(NC(=O)c2cccc([N+](=O)[O-])c2C)sc1C(=O)Nc1ccccc1. The fourth-order valence-corrected chi connectivity index (χ4v) is 3.46. The molecule has 28 heavy (non-hydrogen) atoms. The first-order valence-corrected chi connectivity index (χ1v) is 9.07. The second kappa shape index (κ2) is 7.97. The van der Waals surface area contributed by atoms with Crippen molar-refractivity contribution < 1.29 is 14.5 Å². The van der Waals surface area contributed by atoms with Crippen LogP contribution in [-0.4, -0.2) is 21.7 Å². The number of aromatic nitrogens is 1. The van der Waals surface area contributed by atoms with Gasteiger partial charge in [0.05, 0.1) is 10.6 Å². The largest absolute Gasteiger partial charge is 0.321 e. The van der Waals surface area contributed by atoms with E-state index in [1.54, 1.807) is 19.1 Å². The normalized spacial score (nSPS) is 10.4. The number of nitro benzene ring substituents is 1. The smallest absolute Gasteiger partial charge is 0.273 e. The summed E-state index contributed by atoms with van der Waals surface area (Å²) in [6, 6.07) is 13.3. The van der Waals surface area contributed by atoms with E-state index in [0.29, 0.717) is 16.3 Å². The van der Waals surface area contributed by atoms with E-state index in [1.807, 2.05) is 18.2 Å². The molecule has 3 aromatic rings. The molecule has 1 heterocycles. The standard InChI is InChI=1S/C19H16N4O4S/c1-11-14(9-6-10-15(11)23(26)27)17(24)22-19-20-12(2)16(28-19)18(25)21-13-7-4-3-5-8-13/h3-10H,1-2H3,(H,21,25)(H,20,22,24). The van der Waals surface area contributed by atoms with E-state index in [-0.39, 0.29) is 27.9 Å². The summed E-state index contributed by atoms with van der Waals surface area (Å²) in [5.74, 6) is -0.849. The first kappa shape index (κ1) is 19.2. The minimum Gasteiger partial charge on any atom is -0.321 e. The van der Waals surface area contributed by atoms with Crippen molar-refractivity contribution >= 4 is 39.7 Å². The summed E-state index contributed by atoms with van der Waals surface area (Å²) in [5, 5.41) is 16.7. The van der Waals surface area contributed by atoms with Gasteiger partial charge < -0.3 is 5.32 Å². The maximum absolute atomic E-state index is 12.5. The highest BCUT2D eigenvalue weighted by atomic mass is 32.1. The lowest BCUT2D eigenvalue weighted by Gasteiger charge is -2.05. The van der Waals surface area contributed by atoms with Gasteiger partial charge in [-0.2, -0.15) is 0 Å². The fraction of sp³-hybridized carbons (Fsp3) is 0.105. The van der Waals surface area contributed by atoms with Gasteiger partial charge in [0.2, 0.25) is 0 Å². The Kier molecular flexibility index (Phi) is 5.46. The molecule has 0 unspecified atom stereocenters. The van der Waals surface area contributed by atoms with Gasteiger partial charge in [-0.1, -0.05) is 35.6 Å². The molecule has 0 fully saturated rings. The molecule has 0 saturated heterocycles. The third kappa shape index (κ3) is 4.04. The number of amides is 2. The third-order valence-electron chi connectivity index (χ3n) is 4.00. The van der Waals surface area contributed by atoms with Crippen molar-refractivity contribution in [2.24, 2.45) is 0 Å². The van der Waals surface area contributed by atoms with Crippen molar-refractivity contribution in [3.8, 4) is 0 Å². The Morgan fingerprint density at radius 2 is 1.71 bits per heavy atom. The summed E-state index contributed by atoms with van der Waals surface area (Å²) in [4.78, 5) is 40.1. The summed E-state index contributed by atoms with van der Waals surface area (Å²) < 4.78 is 0. The molecule has 142 valence electrons. The summed E-state index contributed by atoms with van der Waals surface area (Å²) in [5.41, 5.74) is 1.44. The molecule has 0 saturated carbocycles. The number of nitro groups is 1. The van der Waals surface area contributed by atoms with Crippen LogP contribution in [0.25, 0.3) is 0 Å². The Labute approximate surface area is 164 Å². The number of rotatable bonds is 5. The van der Waals surface area contributed by atoms with Crippen LogP contribution in [0.5, 0.6) is 0 Å². The molecule has 0 aliphatic heterocycles. The zero-order valence-corrected chi connectivity index (χ0v) is 15.9. The van der Waals surface area contributed by atoms with Crippen molar-refractivity contribution in [3.05, 3.63) is 80.3 Å². The molecule has 9 heteroatoms. The van der Waals surface area contributed by atoms with Gasteiger partial charge in [0.15, 0.2) is 5.13 Å². The number of benzene rings is 2.